The zero-order valence-corrected chi connectivity index (χ0v) is 12.5. The summed E-state index contributed by atoms with van der Waals surface area (Å²) in [7, 11) is 1.81. The molecule has 22 heavy (non-hydrogen) atoms. The standard InChI is InChI=1S/C16H17N5O/c1-12-14(10-17-20(12)2)16(22)18-15-8-9-21(19-15)11-13-6-4-3-5-7-13/h3-10H,11H2,1-2H3,(H,18,19,22). The summed E-state index contributed by atoms with van der Waals surface area (Å²) in [5.41, 5.74) is 2.54. The van der Waals surface area contributed by atoms with Crippen molar-refractivity contribution in [3.05, 3.63) is 65.6 Å². The molecule has 1 N–H and O–H groups in total. The van der Waals surface area contributed by atoms with Crippen LogP contribution >= 0.6 is 0 Å². The van der Waals surface area contributed by atoms with Gasteiger partial charge in [0.15, 0.2) is 5.82 Å². The Kier molecular flexibility index (Phi) is 3.74. The first kappa shape index (κ1) is 14.1. The lowest BCUT2D eigenvalue weighted by Gasteiger charge is -2.03. The predicted octanol–water partition coefficient (Wildman–Crippen LogP) is 2.23. The molecule has 6 heteroatoms. The molecule has 0 radical (unpaired) electrons. The van der Waals surface area contributed by atoms with Crippen LogP contribution in [-0.2, 0) is 13.6 Å². The smallest absolute Gasteiger partial charge is 0.260 e. The SMILES string of the molecule is Cc1c(C(=O)Nc2ccn(Cc3ccccc3)n2)cnn1C. The zero-order valence-electron chi connectivity index (χ0n) is 12.5. The van der Waals surface area contributed by atoms with Gasteiger partial charge in [-0.2, -0.15) is 10.2 Å². The number of hydrogen-bond donors (Lipinski definition) is 1. The number of rotatable bonds is 4. The summed E-state index contributed by atoms with van der Waals surface area (Å²) in [5.74, 6) is 0.333. The van der Waals surface area contributed by atoms with Crippen molar-refractivity contribution in [1.82, 2.24) is 19.6 Å². The minimum atomic E-state index is -0.199. The van der Waals surface area contributed by atoms with Gasteiger partial charge in [0.25, 0.3) is 5.91 Å². The van der Waals surface area contributed by atoms with E-state index in [2.05, 4.69) is 15.5 Å². The first-order valence-electron chi connectivity index (χ1n) is 7.01. The maximum absolute atomic E-state index is 12.2. The number of hydrogen-bond acceptors (Lipinski definition) is 3. The molecular formula is C16H17N5O. The highest BCUT2D eigenvalue weighted by molar-refractivity contribution is 6.04. The van der Waals surface area contributed by atoms with E-state index < -0.39 is 0 Å². The topological polar surface area (TPSA) is 64.7 Å². The normalized spacial score (nSPS) is 10.6. The first-order valence-corrected chi connectivity index (χ1v) is 7.01. The van der Waals surface area contributed by atoms with Crippen molar-refractivity contribution in [2.45, 2.75) is 13.5 Å². The highest BCUT2D eigenvalue weighted by Gasteiger charge is 2.13. The Bertz CT molecular complexity index is 788. The van der Waals surface area contributed by atoms with Crippen LogP contribution in [0, 0.1) is 6.92 Å². The van der Waals surface area contributed by atoms with Crippen molar-refractivity contribution in [2.24, 2.45) is 7.05 Å². The van der Waals surface area contributed by atoms with Gasteiger partial charge in [-0.05, 0) is 12.5 Å². The Morgan fingerprint density at radius 3 is 2.68 bits per heavy atom. The summed E-state index contributed by atoms with van der Waals surface area (Å²) in [6.07, 6.45) is 3.41. The van der Waals surface area contributed by atoms with E-state index in [4.69, 9.17) is 0 Å². The van der Waals surface area contributed by atoms with Gasteiger partial charge in [0.1, 0.15) is 0 Å². The number of amides is 1. The van der Waals surface area contributed by atoms with E-state index in [1.165, 1.54) is 0 Å². The number of aryl methyl sites for hydroxylation is 1. The second-order valence-corrected chi connectivity index (χ2v) is 5.11. The lowest BCUT2D eigenvalue weighted by atomic mass is 10.2. The summed E-state index contributed by atoms with van der Waals surface area (Å²) < 4.78 is 3.46. The predicted molar refractivity (Wildman–Crippen MR) is 83.7 cm³/mol. The maximum atomic E-state index is 12.2. The van der Waals surface area contributed by atoms with Gasteiger partial charge >= 0.3 is 0 Å². The summed E-state index contributed by atoms with van der Waals surface area (Å²) in [5, 5.41) is 11.2. The molecule has 0 bridgehead atoms. The lowest BCUT2D eigenvalue weighted by Crippen LogP contribution is -2.13. The molecule has 0 atom stereocenters. The lowest BCUT2D eigenvalue weighted by molar-refractivity contribution is 0.102. The second kappa shape index (κ2) is 5.85. The molecule has 2 heterocycles. The Hall–Kier alpha value is -2.89. The number of aromatic nitrogens is 4. The Morgan fingerprint density at radius 1 is 1.23 bits per heavy atom. The fourth-order valence-electron chi connectivity index (χ4n) is 2.19. The van der Waals surface area contributed by atoms with Crippen LogP contribution in [0.1, 0.15) is 21.6 Å². The summed E-state index contributed by atoms with van der Waals surface area (Å²) in [6, 6.07) is 11.8. The van der Waals surface area contributed by atoms with Crippen molar-refractivity contribution < 1.29 is 4.79 Å². The van der Waals surface area contributed by atoms with Crippen LogP contribution < -0.4 is 5.32 Å². The van der Waals surface area contributed by atoms with Crippen molar-refractivity contribution in [3.8, 4) is 0 Å². The van der Waals surface area contributed by atoms with E-state index in [1.807, 2.05) is 43.5 Å². The van der Waals surface area contributed by atoms with Gasteiger partial charge in [-0.25, -0.2) is 0 Å². The molecule has 3 rings (SSSR count). The van der Waals surface area contributed by atoms with Crippen LogP contribution in [0.25, 0.3) is 0 Å². The van der Waals surface area contributed by atoms with E-state index in [-0.39, 0.29) is 5.91 Å². The molecule has 1 amide bonds. The fraction of sp³-hybridized carbons (Fsp3) is 0.188. The fourth-order valence-corrected chi connectivity index (χ4v) is 2.19. The molecule has 0 fully saturated rings. The van der Waals surface area contributed by atoms with Crippen molar-refractivity contribution in [1.29, 1.82) is 0 Å². The minimum Gasteiger partial charge on any atom is -0.305 e. The molecule has 1 aromatic carbocycles. The van der Waals surface area contributed by atoms with E-state index in [0.29, 0.717) is 17.9 Å². The van der Waals surface area contributed by atoms with E-state index in [0.717, 1.165) is 11.3 Å². The van der Waals surface area contributed by atoms with Gasteiger partial charge in [-0.15, -0.1) is 0 Å². The number of nitrogens with zero attached hydrogens (tertiary/aromatic N) is 4. The van der Waals surface area contributed by atoms with Crippen LogP contribution in [0.3, 0.4) is 0 Å². The molecule has 0 aliphatic carbocycles. The average Bonchev–Trinajstić information content (AvgIpc) is 3.08. The molecule has 6 nitrogen and oxygen atoms in total. The number of nitrogens with one attached hydrogen (secondary N) is 1. The van der Waals surface area contributed by atoms with Crippen LogP contribution in [0.5, 0.6) is 0 Å². The Balaban J connectivity index is 1.69. The summed E-state index contributed by atoms with van der Waals surface area (Å²) in [6.45, 7) is 2.53. The number of benzene rings is 1. The Labute approximate surface area is 128 Å². The van der Waals surface area contributed by atoms with Crippen LogP contribution in [0.4, 0.5) is 5.82 Å². The number of anilines is 1. The van der Waals surface area contributed by atoms with Gasteiger partial charge in [0, 0.05) is 25.0 Å². The van der Waals surface area contributed by atoms with E-state index >= 15 is 0 Å². The van der Waals surface area contributed by atoms with E-state index in [1.54, 1.807) is 28.7 Å². The first-order chi connectivity index (χ1) is 10.6. The summed E-state index contributed by atoms with van der Waals surface area (Å²) >= 11 is 0. The molecule has 2 aromatic heterocycles. The average molecular weight is 295 g/mol. The molecule has 0 spiro atoms. The molecule has 0 saturated carbocycles. The van der Waals surface area contributed by atoms with Gasteiger partial charge < -0.3 is 5.32 Å². The number of carbonyl (C=O) groups excluding carboxylic acids is 1. The summed E-state index contributed by atoms with van der Waals surface area (Å²) in [4.78, 5) is 12.2. The number of carbonyl (C=O) groups is 1. The zero-order chi connectivity index (χ0) is 15.5. The minimum absolute atomic E-state index is 0.199. The molecule has 0 unspecified atom stereocenters. The third-order valence-electron chi connectivity index (χ3n) is 3.55. The Morgan fingerprint density at radius 2 is 2.00 bits per heavy atom. The van der Waals surface area contributed by atoms with Crippen LogP contribution in [0.2, 0.25) is 0 Å². The van der Waals surface area contributed by atoms with Crippen molar-refractivity contribution >= 4 is 11.7 Å². The molecule has 0 saturated heterocycles. The highest BCUT2D eigenvalue weighted by atomic mass is 16.1. The van der Waals surface area contributed by atoms with Gasteiger partial charge in [-0.3, -0.25) is 14.2 Å². The third-order valence-corrected chi connectivity index (χ3v) is 3.55. The van der Waals surface area contributed by atoms with Crippen molar-refractivity contribution in [2.75, 3.05) is 5.32 Å². The molecule has 0 aliphatic heterocycles. The van der Waals surface area contributed by atoms with Crippen molar-refractivity contribution in [3.63, 3.8) is 0 Å². The van der Waals surface area contributed by atoms with Gasteiger partial charge in [0.05, 0.1) is 18.3 Å². The molecule has 112 valence electrons. The van der Waals surface area contributed by atoms with E-state index in [9.17, 15) is 4.79 Å². The maximum Gasteiger partial charge on any atom is 0.260 e. The van der Waals surface area contributed by atoms with Crippen LogP contribution in [-0.4, -0.2) is 25.5 Å². The van der Waals surface area contributed by atoms with Crippen LogP contribution in [0.15, 0.2) is 48.8 Å². The molecule has 3 aromatic rings. The second-order valence-electron chi connectivity index (χ2n) is 5.11. The quantitative estimate of drug-likeness (QED) is 0.802. The largest absolute Gasteiger partial charge is 0.305 e. The van der Waals surface area contributed by atoms with Gasteiger partial charge in [0.2, 0.25) is 0 Å². The highest BCUT2D eigenvalue weighted by Crippen LogP contribution is 2.11. The monoisotopic (exact) mass is 295 g/mol. The van der Waals surface area contributed by atoms with Gasteiger partial charge in [-0.1, -0.05) is 30.3 Å². The molecule has 0 aliphatic rings. The molecular weight excluding hydrogens is 278 g/mol. The third kappa shape index (κ3) is 2.90.